The van der Waals surface area contributed by atoms with Crippen molar-refractivity contribution in [2.45, 2.75) is 63.6 Å². The van der Waals surface area contributed by atoms with Crippen LogP contribution in [-0.4, -0.2) is 117 Å². The summed E-state index contributed by atoms with van der Waals surface area (Å²) in [5, 5.41) is 62.3. The van der Waals surface area contributed by atoms with Crippen molar-refractivity contribution in [2.75, 3.05) is 33.0 Å². The van der Waals surface area contributed by atoms with Gasteiger partial charge in [0, 0.05) is 0 Å². The van der Waals surface area contributed by atoms with Crippen LogP contribution in [0.5, 0.6) is 0 Å². The van der Waals surface area contributed by atoms with E-state index in [0.717, 1.165) is 0 Å². The number of hydrogen-bond acceptors (Lipinski definition) is 13. The number of ether oxygens (including phenoxy) is 3. The minimum Gasteiger partial charge on any atom is -0.466 e. The SMILES string of the molecule is CCOC(=O)CC(O)(CC(=O)OCC)C(=O)OCC.OCC(O)C(O)C(O)C(O)CO. The normalized spacial score (nSPS) is 14.9. The molecule has 0 saturated heterocycles. The van der Waals surface area contributed by atoms with E-state index < -0.39 is 74.0 Å². The fraction of sp³-hybridized carbons (Fsp3) is 0.833. The first kappa shape index (κ1) is 31.3. The van der Waals surface area contributed by atoms with Crippen molar-refractivity contribution in [1.29, 1.82) is 0 Å². The van der Waals surface area contributed by atoms with Crippen molar-refractivity contribution in [3.63, 3.8) is 0 Å². The molecule has 4 atom stereocenters. The fourth-order valence-electron chi connectivity index (χ4n) is 2.05. The summed E-state index contributed by atoms with van der Waals surface area (Å²) in [7, 11) is 0. The molecular weight excluding hydrogens is 424 g/mol. The third-order valence-electron chi connectivity index (χ3n) is 3.65. The molecule has 0 saturated carbocycles. The van der Waals surface area contributed by atoms with Crippen LogP contribution in [0.2, 0.25) is 0 Å². The molecule has 13 heteroatoms. The van der Waals surface area contributed by atoms with Gasteiger partial charge in [-0.1, -0.05) is 0 Å². The quantitative estimate of drug-likeness (QED) is 0.106. The second kappa shape index (κ2) is 16.8. The van der Waals surface area contributed by atoms with Crippen LogP contribution >= 0.6 is 0 Å². The van der Waals surface area contributed by atoms with Crippen LogP contribution in [0.15, 0.2) is 0 Å². The number of esters is 3. The molecule has 0 aliphatic carbocycles. The Morgan fingerprint density at radius 3 is 1.29 bits per heavy atom. The lowest BCUT2D eigenvalue weighted by Crippen LogP contribution is -2.46. The molecule has 7 N–H and O–H groups in total. The molecule has 0 spiro atoms. The van der Waals surface area contributed by atoms with Crippen molar-refractivity contribution < 1.29 is 64.3 Å². The lowest BCUT2D eigenvalue weighted by Gasteiger charge is -2.24. The number of aliphatic hydroxyl groups is 7. The molecule has 0 amide bonds. The van der Waals surface area contributed by atoms with Crippen LogP contribution in [0.25, 0.3) is 0 Å². The van der Waals surface area contributed by atoms with E-state index >= 15 is 0 Å². The topological polar surface area (TPSA) is 221 Å². The van der Waals surface area contributed by atoms with E-state index in [-0.39, 0.29) is 19.8 Å². The summed E-state index contributed by atoms with van der Waals surface area (Å²) >= 11 is 0. The molecule has 0 rings (SSSR count). The molecule has 0 aromatic heterocycles. The number of carbonyl (C=O) groups is 3. The summed E-state index contributed by atoms with van der Waals surface area (Å²) in [5.74, 6) is -2.62. The maximum absolute atomic E-state index is 11.7. The first-order valence-electron chi connectivity index (χ1n) is 9.58. The van der Waals surface area contributed by atoms with Gasteiger partial charge in [-0.2, -0.15) is 0 Å². The summed E-state index contributed by atoms with van der Waals surface area (Å²) in [6, 6.07) is 0. The van der Waals surface area contributed by atoms with Gasteiger partial charge in [0.25, 0.3) is 0 Å². The summed E-state index contributed by atoms with van der Waals surface area (Å²) in [6.45, 7) is 3.51. The molecule has 184 valence electrons. The Labute approximate surface area is 179 Å². The second-order valence-electron chi connectivity index (χ2n) is 6.20. The zero-order valence-electron chi connectivity index (χ0n) is 17.8. The lowest BCUT2D eigenvalue weighted by molar-refractivity contribution is -0.177. The first-order chi connectivity index (χ1) is 14.4. The van der Waals surface area contributed by atoms with E-state index in [1.807, 2.05) is 0 Å². The number of hydrogen-bond donors (Lipinski definition) is 7. The molecule has 0 radical (unpaired) electrons. The number of rotatable bonds is 13. The highest BCUT2D eigenvalue weighted by molar-refractivity contribution is 5.90. The van der Waals surface area contributed by atoms with Gasteiger partial charge in [0.05, 0.1) is 45.9 Å². The van der Waals surface area contributed by atoms with E-state index in [2.05, 4.69) is 14.2 Å². The Balaban J connectivity index is 0. The minimum absolute atomic E-state index is 0.0206. The molecule has 0 aliphatic rings. The predicted octanol–water partition coefficient (Wildman–Crippen LogP) is -3.40. The monoisotopic (exact) mass is 458 g/mol. The minimum atomic E-state index is -2.26. The van der Waals surface area contributed by atoms with Gasteiger partial charge in [0.2, 0.25) is 0 Å². The molecule has 0 bridgehead atoms. The summed E-state index contributed by atoms with van der Waals surface area (Å²) < 4.78 is 14.0. The zero-order chi connectivity index (χ0) is 24.6. The largest absolute Gasteiger partial charge is 0.466 e. The standard InChI is InChI=1S/C12H20O7.C6H14O6/c1-4-17-9(13)7-12(16,11(15)19-6-3)8-10(14)18-5-2;7-1-3(9)5(11)6(12)4(10)2-8/h16H,4-8H2,1-3H3;3-12H,1-2H2. The van der Waals surface area contributed by atoms with Gasteiger partial charge in [0.1, 0.15) is 24.4 Å². The summed E-state index contributed by atoms with van der Waals surface area (Å²) in [6.07, 6.45) is -7.70. The number of aliphatic hydroxyl groups excluding tert-OH is 6. The number of carbonyl (C=O) groups excluding carboxylic acids is 3. The fourth-order valence-corrected chi connectivity index (χ4v) is 2.05. The van der Waals surface area contributed by atoms with Crippen molar-refractivity contribution >= 4 is 17.9 Å². The highest BCUT2D eigenvalue weighted by Gasteiger charge is 2.43. The van der Waals surface area contributed by atoms with Crippen molar-refractivity contribution in [1.82, 2.24) is 0 Å². The Kier molecular flexibility index (Phi) is 16.9. The smallest absolute Gasteiger partial charge is 0.339 e. The van der Waals surface area contributed by atoms with E-state index in [1.165, 1.54) is 0 Å². The van der Waals surface area contributed by atoms with Crippen molar-refractivity contribution in [3.8, 4) is 0 Å². The van der Waals surface area contributed by atoms with Gasteiger partial charge in [-0.05, 0) is 20.8 Å². The van der Waals surface area contributed by atoms with Gasteiger partial charge < -0.3 is 50.0 Å². The average molecular weight is 458 g/mol. The van der Waals surface area contributed by atoms with E-state index in [4.69, 9.17) is 30.6 Å². The van der Waals surface area contributed by atoms with Gasteiger partial charge in [-0.25, -0.2) is 4.79 Å². The van der Waals surface area contributed by atoms with Crippen LogP contribution in [0, 0.1) is 0 Å². The van der Waals surface area contributed by atoms with Crippen molar-refractivity contribution in [3.05, 3.63) is 0 Å². The van der Waals surface area contributed by atoms with Gasteiger partial charge in [0.15, 0.2) is 5.60 Å². The van der Waals surface area contributed by atoms with Crippen LogP contribution in [0.1, 0.15) is 33.6 Å². The Hall–Kier alpha value is -1.87. The molecular formula is C18H34O13. The predicted molar refractivity (Wildman–Crippen MR) is 102 cm³/mol. The Bertz CT molecular complexity index is 491. The van der Waals surface area contributed by atoms with E-state index in [0.29, 0.717) is 0 Å². The third-order valence-corrected chi connectivity index (χ3v) is 3.65. The van der Waals surface area contributed by atoms with Crippen molar-refractivity contribution in [2.24, 2.45) is 0 Å². The maximum atomic E-state index is 11.7. The zero-order valence-corrected chi connectivity index (χ0v) is 17.8. The highest BCUT2D eigenvalue weighted by atomic mass is 16.6. The van der Waals surface area contributed by atoms with Gasteiger partial charge in [-0.3, -0.25) is 9.59 Å². The molecule has 31 heavy (non-hydrogen) atoms. The van der Waals surface area contributed by atoms with Crippen LogP contribution < -0.4 is 0 Å². The molecule has 0 heterocycles. The molecule has 0 fully saturated rings. The Morgan fingerprint density at radius 2 is 1.03 bits per heavy atom. The Morgan fingerprint density at radius 1 is 0.710 bits per heavy atom. The first-order valence-corrected chi connectivity index (χ1v) is 9.58. The molecule has 0 aliphatic heterocycles. The van der Waals surface area contributed by atoms with Gasteiger partial charge in [-0.15, -0.1) is 0 Å². The third kappa shape index (κ3) is 12.5. The summed E-state index contributed by atoms with van der Waals surface area (Å²) in [4.78, 5) is 34.4. The van der Waals surface area contributed by atoms with E-state index in [9.17, 15) is 19.5 Å². The summed E-state index contributed by atoms with van der Waals surface area (Å²) in [5.41, 5.74) is -2.26. The van der Waals surface area contributed by atoms with Crippen LogP contribution in [-0.2, 0) is 28.6 Å². The average Bonchev–Trinajstić information content (AvgIpc) is 2.72. The molecule has 0 aromatic carbocycles. The molecule has 4 unspecified atom stereocenters. The van der Waals surface area contributed by atoms with Gasteiger partial charge >= 0.3 is 17.9 Å². The second-order valence-corrected chi connectivity index (χ2v) is 6.20. The van der Waals surface area contributed by atoms with Crippen LogP contribution in [0.4, 0.5) is 0 Å². The highest BCUT2D eigenvalue weighted by Crippen LogP contribution is 2.19. The maximum Gasteiger partial charge on any atom is 0.339 e. The molecule has 13 nitrogen and oxygen atoms in total. The molecule has 0 aromatic rings. The lowest BCUT2D eigenvalue weighted by atomic mass is 9.95. The van der Waals surface area contributed by atoms with E-state index in [1.54, 1.807) is 20.8 Å². The van der Waals surface area contributed by atoms with Crippen LogP contribution in [0.3, 0.4) is 0 Å².